The molecular weight excluding hydrogens is 484 g/mol. The Bertz CT molecular complexity index is 982. The quantitative estimate of drug-likeness (QED) is 0.374. The van der Waals surface area contributed by atoms with Crippen LogP contribution in [-0.2, 0) is 6.54 Å². The minimum atomic E-state index is 0. The Labute approximate surface area is 204 Å². The monoisotopic (exact) mass is 505 g/mol. The number of fused-ring (bicyclic) bond motifs is 1. The van der Waals surface area contributed by atoms with E-state index in [0.29, 0.717) is 27.2 Å². The predicted octanol–water partition coefficient (Wildman–Crippen LogP) is 7.55. The van der Waals surface area contributed by atoms with E-state index in [-0.39, 0.29) is 24.8 Å². The average Bonchev–Trinajstić information content (AvgIpc) is 2.68. The van der Waals surface area contributed by atoms with Crippen molar-refractivity contribution in [3.63, 3.8) is 0 Å². The van der Waals surface area contributed by atoms with Crippen molar-refractivity contribution in [2.24, 2.45) is 0 Å². The fraction of sp³-hybridized carbons (Fsp3) is 0.318. The highest BCUT2D eigenvalue weighted by molar-refractivity contribution is 6.35. The van der Waals surface area contributed by atoms with Crippen molar-refractivity contribution < 1.29 is 0 Å². The van der Waals surface area contributed by atoms with E-state index in [9.17, 15) is 0 Å². The first-order valence-electron chi connectivity index (χ1n) is 9.58. The summed E-state index contributed by atoms with van der Waals surface area (Å²) < 4.78 is 0. The number of pyridine rings is 1. The van der Waals surface area contributed by atoms with Crippen molar-refractivity contribution >= 4 is 76.2 Å². The smallest absolute Gasteiger partial charge is 0.0737 e. The molecule has 3 aromatic rings. The molecule has 0 unspecified atom stereocenters. The molecule has 0 radical (unpaired) electrons. The van der Waals surface area contributed by atoms with Crippen molar-refractivity contribution in [2.75, 3.05) is 5.32 Å². The molecule has 2 atom stereocenters. The van der Waals surface area contributed by atoms with Crippen molar-refractivity contribution in [1.82, 2.24) is 10.3 Å². The average molecular weight is 508 g/mol. The predicted molar refractivity (Wildman–Crippen MR) is 134 cm³/mol. The Morgan fingerprint density at radius 3 is 2.33 bits per heavy atom. The van der Waals surface area contributed by atoms with E-state index < -0.39 is 0 Å². The van der Waals surface area contributed by atoms with Crippen molar-refractivity contribution in [3.05, 3.63) is 69.3 Å². The lowest BCUT2D eigenvalue weighted by Crippen LogP contribution is -2.46. The van der Waals surface area contributed by atoms with Gasteiger partial charge in [0.1, 0.15) is 0 Å². The lowest BCUT2D eigenvalue weighted by molar-refractivity contribution is 0.342. The zero-order valence-electron chi connectivity index (χ0n) is 16.2. The van der Waals surface area contributed by atoms with Gasteiger partial charge >= 0.3 is 0 Å². The van der Waals surface area contributed by atoms with Gasteiger partial charge in [0.25, 0.3) is 0 Å². The second-order valence-electron chi connectivity index (χ2n) is 7.28. The van der Waals surface area contributed by atoms with Gasteiger partial charge in [-0.25, -0.2) is 0 Å². The molecule has 1 saturated carbocycles. The number of hydrogen-bond donors (Lipinski definition) is 2. The van der Waals surface area contributed by atoms with E-state index in [1.807, 2.05) is 42.6 Å². The minimum Gasteiger partial charge on any atom is -0.380 e. The number of benzene rings is 2. The first-order chi connectivity index (χ1) is 13.6. The Morgan fingerprint density at radius 2 is 1.57 bits per heavy atom. The van der Waals surface area contributed by atoms with Crippen LogP contribution >= 0.6 is 59.6 Å². The second-order valence-corrected chi connectivity index (χ2v) is 8.56. The Hall–Kier alpha value is -0.940. The summed E-state index contributed by atoms with van der Waals surface area (Å²) in [4.78, 5) is 4.44. The molecule has 0 aliphatic heterocycles. The Morgan fingerprint density at radius 1 is 0.867 bits per heavy atom. The van der Waals surface area contributed by atoms with Gasteiger partial charge in [0.05, 0.1) is 5.52 Å². The molecule has 1 aliphatic rings. The number of halogens is 5. The molecule has 4 rings (SSSR count). The van der Waals surface area contributed by atoms with Crippen LogP contribution in [0, 0.1) is 0 Å². The van der Waals surface area contributed by atoms with Gasteiger partial charge in [0.15, 0.2) is 0 Å². The summed E-state index contributed by atoms with van der Waals surface area (Å²) in [7, 11) is 0. The third kappa shape index (κ3) is 6.06. The molecule has 1 aromatic heterocycles. The molecule has 3 nitrogen and oxygen atoms in total. The van der Waals surface area contributed by atoms with Gasteiger partial charge in [-0.15, -0.1) is 24.8 Å². The molecule has 0 saturated heterocycles. The number of nitrogens with zero attached hydrogens (tertiary/aromatic N) is 1. The highest BCUT2D eigenvalue weighted by atomic mass is 35.5. The van der Waals surface area contributed by atoms with Crippen LogP contribution in [0.2, 0.25) is 15.1 Å². The lowest BCUT2D eigenvalue weighted by Gasteiger charge is -2.34. The molecule has 2 N–H and O–H groups in total. The van der Waals surface area contributed by atoms with Crippen LogP contribution in [-0.4, -0.2) is 17.1 Å². The van der Waals surface area contributed by atoms with Crippen molar-refractivity contribution in [3.8, 4) is 0 Å². The highest BCUT2D eigenvalue weighted by Gasteiger charge is 2.25. The molecule has 0 amide bonds. The van der Waals surface area contributed by atoms with Crippen molar-refractivity contribution in [2.45, 2.75) is 44.3 Å². The molecule has 1 fully saturated rings. The minimum absolute atomic E-state index is 0. The van der Waals surface area contributed by atoms with Gasteiger partial charge in [-0.05, 0) is 54.8 Å². The fourth-order valence-corrected chi connectivity index (χ4v) is 4.54. The summed E-state index contributed by atoms with van der Waals surface area (Å²) in [5.41, 5.74) is 3.08. The van der Waals surface area contributed by atoms with Crippen molar-refractivity contribution in [1.29, 1.82) is 0 Å². The summed E-state index contributed by atoms with van der Waals surface area (Å²) >= 11 is 18.5. The number of hydrogen-bond acceptors (Lipinski definition) is 3. The molecular formula is C22H24Cl5N3. The van der Waals surface area contributed by atoms with Gasteiger partial charge < -0.3 is 10.6 Å². The molecule has 1 aliphatic carbocycles. The number of anilines is 1. The maximum atomic E-state index is 6.33. The van der Waals surface area contributed by atoms with E-state index in [1.54, 1.807) is 6.07 Å². The van der Waals surface area contributed by atoms with E-state index in [1.165, 1.54) is 12.8 Å². The van der Waals surface area contributed by atoms with Crippen LogP contribution in [0.4, 0.5) is 5.69 Å². The van der Waals surface area contributed by atoms with Gasteiger partial charge in [-0.3, -0.25) is 4.98 Å². The number of aromatic nitrogens is 1. The van der Waals surface area contributed by atoms with Crippen LogP contribution in [0.25, 0.3) is 10.9 Å². The molecule has 8 heteroatoms. The molecule has 162 valence electrons. The summed E-state index contributed by atoms with van der Waals surface area (Å²) in [6.07, 6.45) is 6.56. The first-order valence-corrected chi connectivity index (χ1v) is 10.7. The summed E-state index contributed by atoms with van der Waals surface area (Å²) in [6, 6.07) is 14.3. The summed E-state index contributed by atoms with van der Waals surface area (Å²) in [5.74, 6) is 0. The third-order valence-electron chi connectivity index (χ3n) is 5.38. The lowest BCUT2D eigenvalue weighted by atomic mass is 9.89. The normalized spacial score (nSPS) is 18.4. The molecule has 30 heavy (non-hydrogen) atoms. The van der Waals surface area contributed by atoms with Gasteiger partial charge in [-0.1, -0.05) is 53.7 Å². The fourth-order valence-electron chi connectivity index (χ4n) is 3.90. The first kappa shape index (κ1) is 25.3. The summed E-state index contributed by atoms with van der Waals surface area (Å²) in [6.45, 7) is 0.728. The number of rotatable bonds is 5. The van der Waals surface area contributed by atoms with Crippen LogP contribution < -0.4 is 10.6 Å². The largest absolute Gasteiger partial charge is 0.380 e. The molecule has 1 heterocycles. The van der Waals surface area contributed by atoms with Gasteiger partial charge in [0, 0.05) is 51.0 Å². The zero-order chi connectivity index (χ0) is 19.5. The molecule has 2 aromatic carbocycles. The summed E-state index contributed by atoms with van der Waals surface area (Å²) in [5, 5.41) is 10.6. The van der Waals surface area contributed by atoms with Crippen LogP contribution in [0.5, 0.6) is 0 Å². The van der Waals surface area contributed by atoms with E-state index in [0.717, 1.165) is 41.5 Å². The van der Waals surface area contributed by atoms with Gasteiger partial charge in [0.2, 0.25) is 0 Å². The Kier molecular flexibility index (Phi) is 9.80. The van der Waals surface area contributed by atoms with Gasteiger partial charge in [-0.2, -0.15) is 0 Å². The standard InChI is InChI=1S/C22H22Cl3N3.2ClH/c23-15-6-5-14(18(25)11-15)13-27-20-3-1-2-4-21(20)28-19-9-10-26-22-12-16(24)7-8-17(19)22;;/h5-12,20-21,27H,1-4,13H2,(H,26,28);2*1H/t20-,21-;;/m0../s1. The topological polar surface area (TPSA) is 37.0 Å². The van der Waals surface area contributed by atoms with E-state index in [4.69, 9.17) is 34.8 Å². The van der Waals surface area contributed by atoms with E-state index in [2.05, 4.69) is 15.6 Å². The number of nitrogens with one attached hydrogen (secondary N) is 2. The second kappa shape index (κ2) is 11.6. The Balaban J connectivity index is 0.00000160. The SMILES string of the molecule is Cl.Cl.Clc1ccc(CN[C@H]2CCCC[C@@H]2Nc2ccnc3cc(Cl)ccc23)c(Cl)c1. The molecule has 0 bridgehead atoms. The van der Waals surface area contributed by atoms with Crippen LogP contribution in [0.1, 0.15) is 31.2 Å². The molecule has 0 spiro atoms. The maximum Gasteiger partial charge on any atom is 0.0737 e. The highest BCUT2D eigenvalue weighted by Crippen LogP contribution is 2.29. The van der Waals surface area contributed by atoms with Crippen LogP contribution in [0.15, 0.2) is 48.7 Å². The zero-order valence-corrected chi connectivity index (χ0v) is 20.1. The third-order valence-corrected chi connectivity index (χ3v) is 6.20. The van der Waals surface area contributed by atoms with Crippen LogP contribution in [0.3, 0.4) is 0 Å². The maximum absolute atomic E-state index is 6.33. The van der Waals surface area contributed by atoms with E-state index >= 15 is 0 Å².